The van der Waals surface area contributed by atoms with Gasteiger partial charge in [0, 0.05) is 17.0 Å². The molecular weight excluding hydrogens is 484 g/mol. The SMILES string of the molecule is O=C(CO/N=C\c1ccccc1Cl)NNC(=O)[C@H](Cc1ccccc1)N1C(=O)c2ccccc2C1=O. The fourth-order valence-corrected chi connectivity index (χ4v) is 3.83. The van der Waals surface area contributed by atoms with Gasteiger partial charge in [0.15, 0.2) is 6.61 Å². The van der Waals surface area contributed by atoms with Crippen LogP contribution in [-0.2, 0) is 20.8 Å². The summed E-state index contributed by atoms with van der Waals surface area (Å²) in [5, 5.41) is 4.16. The summed E-state index contributed by atoms with van der Waals surface area (Å²) in [6, 6.07) is 21.1. The predicted octanol–water partition coefficient (Wildman–Crippen LogP) is 2.75. The molecule has 4 amide bonds. The number of hydrogen-bond acceptors (Lipinski definition) is 6. The number of carbonyl (C=O) groups excluding carboxylic acids is 4. The normalized spacial score (nSPS) is 13.4. The van der Waals surface area contributed by atoms with Crippen LogP contribution in [0, 0.1) is 0 Å². The highest BCUT2D eigenvalue weighted by Crippen LogP contribution is 2.26. The van der Waals surface area contributed by atoms with Gasteiger partial charge in [-0.25, -0.2) is 0 Å². The van der Waals surface area contributed by atoms with E-state index in [-0.39, 0.29) is 17.5 Å². The summed E-state index contributed by atoms with van der Waals surface area (Å²) < 4.78 is 0. The van der Waals surface area contributed by atoms with Gasteiger partial charge in [0.2, 0.25) is 0 Å². The van der Waals surface area contributed by atoms with Crippen LogP contribution in [0.25, 0.3) is 0 Å². The number of oxime groups is 1. The molecule has 0 saturated heterocycles. The van der Waals surface area contributed by atoms with Crippen molar-refractivity contribution in [2.45, 2.75) is 12.5 Å². The molecule has 0 spiro atoms. The number of benzene rings is 3. The van der Waals surface area contributed by atoms with Crippen LogP contribution in [0.2, 0.25) is 5.02 Å². The predicted molar refractivity (Wildman–Crippen MR) is 132 cm³/mol. The number of carbonyl (C=O) groups is 4. The van der Waals surface area contributed by atoms with Crippen LogP contribution in [-0.4, -0.2) is 47.4 Å². The zero-order valence-corrected chi connectivity index (χ0v) is 19.6. The zero-order chi connectivity index (χ0) is 25.5. The summed E-state index contributed by atoms with van der Waals surface area (Å²) in [5.74, 6) is -2.58. The number of fused-ring (bicyclic) bond motifs is 1. The summed E-state index contributed by atoms with van der Waals surface area (Å²) in [7, 11) is 0. The van der Waals surface area contributed by atoms with Crippen molar-refractivity contribution >= 4 is 41.4 Å². The zero-order valence-electron chi connectivity index (χ0n) is 18.9. The summed E-state index contributed by atoms with van der Waals surface area (Å²) in [4.78, 5) is 57.1. The third kappa shape index (κ3) is 5.59. The average Bonchev–Trinajstić information content (AvgIpc) is 3.15. The van der Waals surface area contributed by atoms with Gasteiger partial charge in [0.1, 0.15) is 6.04 Å². The van der Waals surface area contributed by atoms with E-state index in [1.807, 2.05) is 6.07 Å². The maximum atomic E-state index is 13.1. The first-order valence-electron chi connectivity index (χ1n) is 10.9. The van der Waals surface area contributed by atoms with Crippen molar-refractivity contribution in [1.29, 1.82) is 0 Å². The fraction of sp³-hybridized carbons (Fsp3) is 0.115. The lowest BCUT2D eigenvalue weighted by molar-refractivity contribution is -0.133. The van der Waals surface area contributed by atoms with Crippen molar-refractivity contribution < 1.29 is 24.0 Å². The number of rotatable bonds is 8. The monoisotopic (exact) mass is 504 g/mol. The summed E-state index contributed by atoms with van der Waals surface area (Å²) >= 11 is 6.02. The van der Waals surface area contributed by atoms with Crippen LogP contribution in [0.1, 0.15) is 31.8 Å². The molecule has 1 atom stereocenters. The molecule has 1 aliphatic rings. The highest BCUT2D eigenvalue weighted by atomic mass is 35.5. The second kappa shape index (κ2) is 11.3. The molecule has 1 heterocycles. The van der Waals surface area contributed by atoms with Crippen LogP contribution in [0.15, 0.2) is 84.0 Å². The molecule has 182 valence electrons. The van der Waals surface area contributed by atoms with Gasteiger partial charge in [-0.1, -0.05) is 77.4 Å². The van der Waals surface area contributed by atoms with Crippen molar-refractivity contribution in [1.82, 2.24) is 15.8 Å². The van der Waals surface area contributed by atoms with E-state index in [1.54, 1.807) is 60.7 Å². The first-order valence-corrected chi connectivity index (χ1v) is 11.3. The van der Waals surface area contributed by atoms with E-state index in [0.717, 1.165) is 10.5 Å². The van der Waals surface area contributed by atoms with Crippen molar-refractivity contribution in [2.75, 3.05) is 6.61 Å². The number of nitrogens with zero attached hydrogens (tertiary/aromatic N) is 2. The molecule has 9 nitrogen and oxygen atoms in total. The average molecular weight is 505 g/mol. The van der Waals surface area contributed by atoms with E-state index in [2.05, 4.69) is 16.0 Å². The number of hydrazine groups is 1. The van der Waals surface area contributed by atoms with Gasteiger partial charge >= 0.3 is 0 Å². The second-order valence-corrected chi connectivity index (χ2v) is 8.21. The first kappa shape index (κ1) is 24.6. The minimum Gasteiger partial charge on any atom is -0.386 e. The van der Waals surface area contributed by atoms with Gasteiger partial charge in [-0.05, 0) is 23.8 Å². The highest BCUT2D eigenvalue weighted by molar-refractivity contribution is 6.33. The number of halogens is 1. The highest BCUT2D eigenvalue weighted by Gasteiger charge is 2.42. The van der Waals surface area contributed by atoms with Crippen LogP contribution in [0.5, 0.6) is 0 Å². The molecule has 2 N–H and O–H groups in total. The largest absolute Gasteiger partial charge is 0.386 e. The molecule has 10 heteroatoms. The van der Waals surface area contributed by atoms with Crippen LogP contribution in [0.3, 0.4) is 0 Å². The van der Waals surface area contributed by atoms with E-state index in [1.165, 1.54) is 18.3 Å². The lowest BCUT2D eigenvalue weighted by atomic mass is 10.0. The van der Waals surface area contributed by atoms with Gasteiger partial charge in [-0.15, -0.1) is 0 Å². The summed E-state index contributed by atoms with van der Waals surface area (Å²) in [6.07, 6.45) is 1.42. The third-order valence-corrected chi connectivity index (χ3v) is 5.75. The molecule has 0 unspecified atom stereocenters. The molecule has 0 bridgehead atoms. The number of imide groups is 1. The number of nitrogens with one attached hydrogen (secondary N) is 2. The van der Waals surface area contributed by atoms with E-state index >= 15 is 0 Å². The lowest BCUT2D eigenvalue weighted by Crippen LogP contribution is -2.55. The van der Waals surface area contributed by atoms with Crippen molar-refractivity contribution in [2.24, 2.45) is 5.16 Å². The fourth-order valence-electron chi connectivity index (χ4n) is 3.65. The Hall–Kier alpha value is -4.50. The molecule has 0 radical (unpaired) electrons. The van der Waals surface area contributed by atoms with Gasteiger partial charge in [-0.3, -0.25) is 34.9 Å². The maximum Gasteiger partial charge on any atom is 0.279 e. The van der Waals surface area contributed by atoms with Gasteiger partial charge < -0.3 is 4.84 Å². The molecule has 3 aromatic rings. The molecule has 4 rings (SSSR count). The Morgan fingerprint density at radius 1 is 0.889 bits per heavy atom. The minimum atomic E-state index is -1.20. The Morgan fingerprint density at radius 3 is 2.17 bits per heavy atom. The Labute approximate surface area is 211 Å². The van der Waals surface area contributed by atoms with E-state index in [4.69, 9.17) is 16.4 Å². The molecule has 36 heavy (non-hydrogen) atoms. The minimum absolute atomic E-state index is 0.0621. The van der Waals surface area contributed by atoms with E-state index in [0.29, 0.717) is 10.6 Å². The molecule has 1 aliphatic heterocycles. The number of amides is 4. The van der Waals surface area contributed by atoms with Crippen LogP contribution < -0.4 is 10.9 Å². The second-order valence-electron chi connectivity index (χ2n) is 7.80. The molecule has 3 aromatic carbocycles. The quantitative estimate of drug-likeness (QED) is 0.278. The summed E-state index contributed by atoms with van der Waals surface area (Å²) in [6.45, 7) is -0.488. The molecule has 0 aromatic heterocycles. The van der Waals surface area contributed by atoms with Gasteiger partial charge in [0.05, 0.1) is 17.3 Å². The molecule has 0 saturated carbocycles. The van der Waals surface area contributed by atoms with Gasteiger partial charge in [-0.2, -0.15) is 0 Å². The molecule has 0 aliphatic carbocycles. The Balaban J connectivity index is 1.40. The Morgan fingerprint density at radius 2 is 1.50 bits per heavy atom. The third-order valence-electron chi connectivity index (χ3n) is 5.40. The molecule has 0 fully saturated rings. The standard InChI is InChI=1S/C26H21ClN4O5/c27-21-13-7-4-10-18(21)15-28-36-16-23(32)29-30-24(33)22(14-17-8-2-1-3-9-17)31-25(34)19-11-5-6-12-20(19)26(31)35/h1-13,15,22H,14,16H2,(H,29,32)(H,30,33)/b28-15-/t22-/m0/s1. The lowest BCUT2D eigenvalue weighted by Gasteiger charge is -2.25. The van der Waals surface area contributed by atoms with Crippen molar-refractivity contribution in [3.05, 3.63) is 106 Å². The van der Waals surface area contributed by atoms with E-state index in [9.17, 15) is 19.2 Å². The van der Waals surface area contributed by atoms with Crippen molar-refractivity contribution in [3.8, 4) is 0 Å². The topological polar surface area (TPSA) is 117 Å². The van der Waals surface area contributed by atoms with Crippen LogP contribution >= 0.6 is 11.6 Å². The first-order chi connectivity index (χ1) is 17.5. The maximum absolute atomic E-state index is 13.1. The molecular formula is C26H21ClN4O5. The smallest absolute Gasteiger partial charge is 0.279 e. The Bertz CT molecular complexity index is 1290. The number of hydrogen-bond donors (Lipinski definition) is 2. The van der Waals surface area contributed by atoms with Gasteiger partial charge in [0.25, 0.3) is 23.6 Å². The summed E-state index contributed by atoms with van der Waals surface area (Å²) in [5.41, 5.74) is 6.29. The van der Waals surface area contributed by atoms with Crippen molar-refractivity contribution in [3.63, 3.8) is 0 Å². The van der Waals surface area contributed by atoms with Crippen LogP contribution in [0.4, 0.5) is 0 Å². The Kier molecular flexibility index (Phi) is 7.72. The van der Waals surface area contributed by atoms with E-state index < -0.39 is 36.3 Å².